The van der Waals surface area contributed by atoms with Crippen LogP contribution in [-0.4, -0.2) is 33.8 Å². The molecule has 1 fully saturated rings. The van der Waals surface area contributed by atoms with Gasteiger partial charge in [-0.3, -0.25) is 9.36 Å². The number of methoxy groups -OCH3 is 1. The first-order chi connectivity index (χ1) is 14.0. The third kappa shape index (κ3) is 4.07. The Morgan fingerprint density at radius 3 is 2.66 bits per heavy atom. The highest BCUT2D eigenvalue weighted by Gasteiger charge is 2.21. The number of anilines is 1. The first-order valence-electron chi connectivity index (χ1n) is 9.63. The van der Waals surface area contributed by atoms with Crippen LogP contribution in [0.15, 0.2) is 41.3 Å². The van der Waals surface area contributed by atoms with Crippen LogP contribution in [-0.2, 0) is 11.8 Å². The second-order valence-electron chi connectivity index (χ2n) is 7.23. The smallest absolute Gasteiger partial charge is 0.294 e. The minimum Gasteiger partial charge on any atom is -0.448 e. The maximum absolute atomic E-state index is 13.9. The normalized spacial score (nSPS) is 19.3. The molecule has 4 rings (SSSR count). The van der Waals surface area contributed by atoms with Crippen molar-refractivity contribution in [2.75, 3.05) is 12.4 Å². The Morgan fingerprint density at radius 2 is 1.93 bits per heavy atom. The van der Waals surface area contributed by atoms with Gasteiger partial charge in [0.1, 0.15) is 5.65 Å². The number of fused-ring (bicyclic) bond motifs is 1. The number of para-hydroxylation sites is 1. The van der Waals surface area contributed by atoms with Gasteiger partial charge >= 0.3 is 0 Å². The van der Waals surface area contributed by atoms with Crippen molar-refractivity contribution in [1.29, 1.82) is 0 Å². The molecule has 1 N–H and O–H groups in total. The van der Waals surface area contributed by atoms with E-state index in [9.17, 15) is 9.18 Å². The highest BCUT2D eigenvalue weighted by molar-refractivity contribution is 5.76. The number of nitrogens with zero attached hydrogens (tertiary/aromatic N) is 3. The molecule has 0 spiro atoms. The van der Waals surface area contributed by atoms with Gasteiger partial charge in [-0.05, 0) is 43.9 Å². The number of aryl methyl sites for hydroxylation is 1. The van der Waals surface area contributed by atoms with E-state index in [4.69, 9.17) is 9.47 Å². The van der Waals surface area contributed by atoms with Crippen LogP contribution in [0.25, 0.3) is 11.0 Å². The third-order valence-electron chi connectivity index (χ3n) is 5.31. The Labute approximate surface area is 167 Å². The summed E-state index contributed by atoms with van der Waals surface area (Å²) in [6.45, 7) is 0. The monoisotopic (exact) mass is 398 g/mol. The van der Waals surface area contributed by atoms with E-state index in [1.807, 2.05) is 0 Å². The van der Waals surface area contributed by atoms with Crippen molar-refractivity contribution >= 4 is 17.0 Å². The number of halogens is 1. The fourth-order valence-electron chi connectivity index (χ4n) is 3.63. The molecule has 0 unspecified atom stereocenters. The summed E-state index contributed by atoms with van der Waals surface area (Å²) in [5.41, 5.74) is 0.0879. The maximum atomic E-state index is 13.9. The molecular weight excluding hydrogens is 375 g/mol. The molecule has 2 aromatic heterocycles. The van der Waals surface area contributed by atoms with Crippen LogP contribution in [0.5, 0.6) is 11.5 Å². The lowest BCUT2D eigenvalue weighted by Gasteiger charge is -2.28. The molecule has 1 saturated carbocycles. The largest absolute Gasteiger partial charge is 0.448 e. The van der Waals surface area contributed by atoms with Crippen LogP contribution in [0, 0.1) is 5.82 Å². The van der Waals surface area contributed by atoms with E-state index in [1.54, 1.807) is 32.5 Å². The Balaban J connectivity index is 1.59. The van der Waals surface area contributed by atoms with Gasteiger partial charge in [0.25, 0.3) is 5.56 Å². The molecule has 8 heteroatoms. The summed E-state index contributed by atoms with van der Waals surface area (Å²) < 4.78 is 26.2. The summed E-state index contributed by atoms with van der Waals surface area (Å²) in [6, 6.07) is 7.77. The average Bonchev–Trinajstić information content (AvgIpc) is 2.74. The van der Waals surface area contributed by atoms with Crippen LogP contribution >= 0.6 is 0 Å². The molecule has 0 aliphatic heterocycles. The molecule has 0 atom stereocenters. The number of aromatic nitrogens is 3. The molecule has 1 aliphatic carbocycles. The van der Waals surface area contributed by atoms with Crippen LogP contribution in [0.4, 0.5) is 10.3 Å². The molecule has 0 amide bonds. The first-order valence-corrected chi connectivity index (χ1v) is 9.63. The van der Waals surface area contributed by atoms with Gasteiger partial charge in [-0.25, -0.2) is 9.37 Å². The summed E-state index contributed by atoms with van der Waals surface area (Å²) in [7, 11) is 3.36. The summed E-state index contributed by atoms with van der Waals surface area (Å²) in [5.74, 6) is -0.0353. The van der Waals surface area contributed by atoms with Crippen molar-refractivity contribution in [2.24, 2.45) is 7.05 Å². The Hall–Kier alpha value is -3.00. The van der Waals surface area contributed by atoms with Crippen LogP contribution in [0.2, 0.25) is 0 Å². The number of pyridine rings is 1. The molecule has 2 heterocycles. The van der Waals surface area contributed by atoms with Gasteiger partial charge in [0.2, 0.25) is 5.95 Å². The zero-order valence-corrected chi connectivity index (χ0v) is 16.4. The van der Waals surface area contributed by atoms with E-state index >= 15 is 0 Å². The lowest BCUT2D eigenvalue weighted by molar-refractivity contribution is 0.0681. The van der Waals surface area contributed by atoms with Gasteiger partial charge in [0, 0.05) is 31.8 Å². The molecular formula is C21H23FN4O3. The molecule has 1 aromatic carbocycles. The van der Waals surface area contributed by atoms with Crippen molar-refractivity contribution in [3.8, 4) is 11.5 Å². The molecule has 152 valence electrons. The number of nitrogens with one attached hydrogen (secondary N) is 1. The minimum atomic E-state index is -0.534. The van der Waals surface area contributed by atoms with Crippen LogP contribution in [0.3, 0.4) is 0 Å². The standard InChI is InChI=1S/C21H23FN4O3/c1-26-19-13(11-18(20(26)27)29-17-6-4-3-5-16(17)22)12-23-21(25-19)24-14-7-9-15(28-2)10-8-14/h3-6,11-12,14-15H,7-10H2,1-2H3,(H,23,24,25). The van der Waals surface area contributed by atoms with E-state index in [-0.39, 0.29) is 17.5 Å². The molecule has 0 bridgehead atoms. The van der Waals surface area contributed by atoms with Crippen molar-refractivity contribution in [3.05, 3.63) is 52.7 Å². The van der Waals surface area contributed by atoms with Crippen LogP contribution < -0.4 is 15.6 Å². The molecule has 0 saturated heterocycles. The number of ether oxygens (including phenoxy) is 2. The maximum Gasteiger partial charge on any atom is 0.294 e. The van der Waals surface area contributed by atoms with E-state index in [1.165, 1.54) is 22.8 Å². The predicted octanol–water partition coefficient (Wildman–Crippen LogP) is 3.63. The van der Waals surface area contributed by atoms with Gasteiger partial charge in [0.05, 0.1) is 6.10 Å². The third-order valence-corrected chi connectivity index (χ3v) is 5.31. The zero-order chi connectivity index (χ0) is 20.4. The number of hydrogen-bond donors (Lipinski definition) is 1. The Kier molecular flexibility index (Phi) is 5.44. The summed E-state index contributed by atoms with van der Waals surface area (Å²) in [4.78, 5) is 21.6. The van der Waals surface area contributed by atoms with Crippen molar-refractivity contribution in [2.45, 2.75) is 37.8 Å². The first kappa shape index (κ1) is 19.3. The number of benzene rings is 1. The van der Waals surface area contributed by atoms with Gasteiger partial charge in [0.15, 0.2) is 17.3 Å². The van der Waals surface area contributed by atoms with Crippen molar-refractivity contribution in [3.63, 3.8) is 0 Å². The van der Waals surface area contributed by atoms with Crippen LogP contribution in [0.1, 0.15) is 25.7 Å². The molecule has 1 aliphatic rings. The summed E-state index contributed by atoms with van der Waals surface area (Å²) in [5, 5.41) is 3.98. The van der Waals surface area contributed by atoms with E-state index in [2.05, 4.69) is 15.3 Å². The average molecular weight is 398 g/mol. The fourth-order valence-corrected chi connectivity index (χ4v) is 3.63. The second kappa shape index (κ2) is 8.16. The predicted molar refractivity (Wildman–Crippen MR) is 108 cm³/mol. The zero-order valence-electron chi connectivity index (χ0n) is 16.4. The van der Waals surface area contributed by atoms with Gasteiger partial charge in [-0.2, -0.15) is 4.98 Å². The van der Waals surface area contributed by atoms with Crippen molar-refractivity contribution < 1.29 is 13.9 Å². The summed E-state index contributed by atoms with van der Waals surface area (Å²) >= 11 is 0. The van der Waals surface area contributed by atoms with E-state index < -0.39 is 11.4 Å². The Morgan fingerprint density at radius 1 is 1.17 bits per heavy atom. The molecule has 29 heavy (non-hydrogen) atoms. The van der Waals surface area contributed by atoms with E-state index in [0.29, 0.717) is 23.1 Å². The van der Waals surface area contributed by atoms with Gasteiger partial charge in [-0.15, -0.1) is 0 Å². The second-order valence-corrected chi connectivity index (χ2v) is 7.23. The highest BCUT2D eigenvalue weighted by Crippen LogP contribution is 2.25. The Bertz CT molecular complexity index is 1080. The molecule has 0 radical (unpaired) electrons. The fraction of sp³-hybridized carbons (Fsp3) is 0.381. The quantitative estimate of drug-likeness (QED) is 0.707. The summed E-state index contributed by atoms with van der Waals surface area (Å²) in [6.07, 6.45) is 5.91. The SMILES string of the molecule is COC1CCC(Nc2ncc3cc(Oc4ccccc4F)c(=O)n(C)c3n2)CC1. The van der Waals surface area contributed by atoms with Gasteiger partial charge < -0.3 is 14.8 Å². The number of hydrogen-bond acceptors (Lipinski definition) is 6. The molecule has 3 aromatic rings. The molecule has 7 nitrogen and oxygen atoms in total. The minimum absolute atomic E-state index is 0.00480. The lowest BCUT2D eigenvalue weighted by Crippen LogP contribution is -2.30. The topological polar surface area (TPSA) is 78.3 Å². The van der Waals surface area contributed by atoms with Gasteiger partial charge in [-0.1, -0.05) is 12.1 Å². The highest BCUT2D eigenvalue weighted by atomic mass is 19.1. The number of rotatable bonds is 5. The van der Waals surface area contributed by atoms with E-state index in [0.717, 1.165) is 25.7 Å². The lowest BCUT2D eigenvalue weighted by atomic mass is 9.93. The van der Waals surface area contributed by atoms with Crippen molar-refractivity contribution in [1.82, 2.24) is 14.5 Å².